The number of aromatic nitrogens is 2. The van der Waals surface area contributed by atoms with Gasteiger partial charge in [-0.1, -0.05) is 18.2 Å². The lowest BCUT2D eigenvalue weighted by atomic mass is 9.96. The maximum Gasteiger partial charge on any atom is 0.327 e. The number of amides is 2. The van der Waals surface area contributed by atoms with Gasteiger partial charge in [0.1, 0.15) is 23.2 Å². The SMILES string of the molecule is CC1(C)S[C@@H]2[C@H](NC(=O)COc3ccccc3)C(=O)N2[C@H]1C(=O)O.COc1ccc(NS(=O)(=O)c2ccc(N)cc2)nn1. The zero-order valence-electron chi connectivity index (χ0n) is 23.3. The first kappa shape index (κ1) is 31.4. The number of rotatable bonds is 9. The number of carbonyl (C=O) groups excluding carboxylic acids is 2. The standard InChI is InChI=1S/C16H18N2O5S.C11H12N4O3S/c1-16(2)12(15(21)22)18-13(20)11(14(18)24-16)17-10(19)8-23-9-6-4-3-5-7-9;1-18-11-7-6-10(13-14-11)15-19(16,17)9-4-2-8(12)3-5-9/h3-7,11-12,14H,8H2,1-2H3,(H,17,19)(H,21,22);2-7H,12H2,1H3,(H,13,15)/t11-,12+,14-;/m1./s1. The molecule has 0 unspecified atom stereocenters. The normalized spacial score (nSPS) is 20.0. The smallest absolute Gasteiger partial charge is 0.327 e. The van der Waals surface area contributed by atoms with Crippen LogP contribution in [0.25, 0.3) is 0 Å². The highest BCUT2D eigenvalue weighted by Gasteiger charge is 2.64. The number of ether oxygens (including phenoxy) is 2. The number of fused-ring (bicyclic) bond motifs is 1. The topological polar surface area (TPSA) is 203 Å². The average molecular weight is 631 g/mol. The molecule has 1 aromatic heterocycles. The number of nitrogens with one attached hydrogen (secondary N) is 2. The molecule has 0 bridgehead atoms. The second-order valence-electron chi connectivity index (χ2n) is 9.88. The lowest BCUT2D eigenvalue weighted by Gasteiger charge is -2.43. The molecule has 2 fully saturated rings. The molecule has 3 heterocycles. The molecule has 5 N–H and O–H groups in total. The molecule has 16 heteroatoms. The Morgan fingerprint density at radius 2 is 1.74 bits per heavy atom. The third-order valence-corrected chi connectivity index (χ3v) is 9.33. The minimum Gasteiger partial charge on any atom is -0.484 e. The number of carboxylic acids is 1. The average Bonchev–Trinajstić information content (AvgIpc) is 3.24. The zero-order chi connectivity index (χ0) is 31.4. The van der Waals surface area contributed by atoms with Crippen molar-refractivity contribution in [3.63, 3.8) is 0 Å². The van der Waals surface area contributed by atoms with E-state index in [4.69, 9.17) is 15.2 Å². The molecule has 5 rings (SSSR count). The Labute approximate surface area is 252 Å². The summed E-state index contributed by atoms with van der Waals surface area (Å²) in [6, 6.07) is 16.1. The minimum atomic E-state index is -3.70. The van der Waals surface area contributed by atoms with Crippen molar-refractivity contribution >= 4 is 51.1 Å². The molecule has 43 heavy (non-hydrogen) atoms. The number of nitrogens with two attached hydrogens (primary N) is 1. The van der Waals surface area contributed by atoms with Gasteiger partial charge in [-0.25, -0.2) is 13.2 Å². The molecule has 2 aromatic carbocycles. The van der Waals surface area contributed by atoms with Crippen molar-refractivity contribution in [1.29, 1.82) is 0 Å². The molecule has 0 saturated carbocycles. The number of sulfonamides is 1. The van der Waals surface area contributed by atoms with Crippen LogP contribution < -0.4 is 25.2 Å². The van der Waals surface area contributed by atoms with Crippen molar-refractivity contribution in [2.75, 3.05) is 24.2 Å². The number of carboxylic acid groups (broad SMARTS) is 1. The van der Waals surface area contributed by atoms with E-state index in [-0.39, 0.29) is 28.6 Å². The Morgan fingerprint density at radius 1 is 1.07 bits per heavy atom. The number of methoxy groups -OCH3 is 1. The van der Waals surface area contributed by atoms with Crippen molar-refractivity contribution < 1.29 is 37.4 Å². The fourth-order valence-corrected chi connectivity index (χ4v) is 6.97. The van der Waals surface area contributed by atoms with Gasteiger partial charge in [0, 0.05) is 16.5 Å². The van der Waals surface area contributed by atoms with E-state index in [1.807, 2.05) is 6.07 Å². The number of para-hydroxylation sites is 1. The number of anilines is 2. The lowest BCUT2D eigenvalue weighted by molar-refractivity contribution is -0.161. The van der Waals surface area contributed by atoms with Crippen molar-refractivity contribution in [2.45, 2.75) is 40.9 Å². The van der Waals surface area contributed by atoms with E-state index in [0.29, 0.717) is 17.3 Å². The molecule has 14 nitrogen and oxygen atoms in total. The number of hydrogen-bond donors (Lipinski definition) is 4. The van der Waals surface area contributed by atoms with E-state index in [1.54, 1.807) is 38.1 Å². The molecule has 0 aliphatic carbocycles. The highest BCUT2D eigenvalue weighted by atomic mass is 32.2. The lowest BCUT2D eigenvalue weighted by Crippen LogP contribution is -2.70. The Kier molecular flexibility index (Phi) is 9.30. The summed E-state index contributed by atoms with van der Waals surface area (Å²) in [6.45, 7) is 3.38. The highest BCUT2D eigenvalue weighted by molar-refractivity contribution is 8.01. The Balaban J connectivity index is 0.000000203. The predicted octanol–water partition coefficient (Wildman–Crippen LogP) is 1.57. The van der Waals surface area contributed by atoms with Gasteiger partial charge in [-0.3, -0.25) is 14.3 Å². The van der Waals surface area contributed by atoms with Gasteiger partial charge in [0.15, 0.2) is 12.4 Å². The van der Waals surface area contributed by atoms with Crippen LogP contribution >= 0.6 is 11.8 Å². The summed E-state index contributed by atoms with van der Waals surface area (Å²) in [5.41, 5.74) is 5.99. The van der Waals surface area contributed by atoms with Gasteiger partial charge >= 0.3 is 5.97 Å². The van der Waals surface area contributed by atoms with Gasteiger partial charge in [-0.15, -0.1) is 22.0 Å². The van der Waals surface area contributed by atoms with Gasteiger partial charge in [-0.05, 0) is 56.3 Å². The Morgan fingerprint density at radius 3 is 2.33 bits per heavy atom. The van der Waals surface area contributed by atoms with Gasteiger partial charge in [0.25, 0.3) is 15.9 Å². The van der Waals surface area contributed by atoms with Crippen LogP contribution in [-0.2, 0) is 24.4 Å². The number of β-lactam (4-membered cyclic amide) rings is 1. The van der Waals surface area contributed by atoms with Crippen LogP contribution in [0.5, 0.6) is 11.6 Å². The summed E-state index contributed by atoms with van der Waals surface area (Å²) in [4.78, 5) is 37.1. The van der Waals surface area contributed by atoms with Crippen molar-refractivity contribution in [3.05, 3.63) is 66.7 Å². The molecule has 3 atom stereocenters. The first-order valence-corrected chi connectivity index (χ1v) is 15.1. The summed E-state index contributed by atoms with van der Waals surface area (Å²) >= 11 is 1.39. The molecule has 2 saturated heterocycles. The molecule has 2 aliphatic heterocycles. The van der Waals surface area contributed by atoms with Gasteiger partial charge in [0.2, 0.25) is 11.8 Å². The second-order valence-corrected chi connectivity index (χ2v) is 13.3. The largest absolute Gasteiger partial charge is 0.484 e. The summed E-state index contributed by atoms with van der Waals surface area (Å²) in [7, 11) is -2.25. The highest BCUT2D eigenvalue weighted by Crippen LogP contribution is 2.50. The monoisotopic (exact) mass is 630 g/mol. The van der Waals surface area contributed by atoms with Crippen LogP contribution in [0.2, 0.25) is 0 Å². The molecule has 0 spiro atoms. The summed E-state index contributed by atoms with van der Waals surface area (Å²) < 4.78 is 35.9. The Hall–Kier alpha value is -4.57. The van der Waals surface area contributed by atoms with E-state index in [1.165, 1.54) is 60.2 Å². The zero-order valence-corrected chi connectivity index (χ0v) is 25.0. The van der Waals surface area contributed by atoms with Gasteiger partial charge in [0.05, 0.1) is 12.0 Å². The van der Waals surface area contributed by atoms with Crippen molar-refractivity contribution in [3.8, 4) is 11.6 Å². The van der Waals surface area contributed by atoms with Crippen LogP contribution in [0, 0.1) is 0 Å². The molecule has 0 radical (unpaired) electrons. The molecule has 2 amide bonds. The maximum atomic E-state index is 12.2. The van der Waals surface area contributed by atoms with E-state index in [0.717, 1.165) is 0 Å². The van der Waals surface area contributed by atoms with Crippen LogP contribution in [-0.4, -0.2) is 82.3 Å². The third-order valence-electron chi connectivity index (χ3n) is 6.38. The van der Waals surface area contributed by atoms with E-state index >= 15 is 0 Å². The number of nitrogen functional groups attached to an aromatic ring is 1. The summed E-state index contributed by atoms with van der Waals surface area (Å²) in [6.07, 6.45) is 0. The number of thioether (sulfide) groups is 1. The maximum absolute atomic E-state index is 12.2. The fraction of sp³-hybridized carbons (Fsp3) is 0.296. The number of carbonyl (C=O) groups is 3. The second kappa shape index (κ2) is 12.7. The number of aliphatic carboxylic acids is 1. The quantitative estimate of drug-likeness (QED) is 0.197. The minimum absolute atomic E-state index is 0.0966. The van der Waals surface area contributed by atoms with Gasteiger partial charge in [-0.2, -0.15) is 0 Å². The first-order valence-electron chi connectivity index (χ1n) is 12.8. The molecular weight excluding hydrogens is 600 g/mol. The molecular formula is C27H30N6O8S2. The molecule has 2 aliphatic rings. The first-order chi connectivity index (χ1) is 20.3. The van der Waals surface area contributed by atoms with Crippen molar-refractivity contribution in [1.82, 2.24) is 20.4 Å². The van der Waals surface area contributed by atoms with Crippen molar-refractivity contribution in [2.24, 2.45) is 0 Å². The number of nitrogens with zero attached hydrogens (tertiary/aromatic N) is 3. The van der Waals surface area contributed by atoms with Crippen LogP contribution in [0.3, 0.4) is 0 Å². The Bertz CT molecular complexity index is 1570. The number of hydrogen-bond acceptors (Lipinski definition) is 11. The predicted molar refractivity (Wildman–Crippen MR) is 158 cm³/mol. The molecule has 3 aromatic rings. The van der Waals surface area contributed by atoms with E-state index < -0.39 is 38.7 Å². The van der Waals surface area contributed by atoms with Gasteiger partial charge < -0.3 is 30.5 Å². The molecule has 228 valence electrons. The summed E-state index contributed by atoms with van der Waals surface area (Å²) in [5, 5.41) is 19.0. The van der Waals surface area contributed by atoms with E-state index in [9.17, 15) is 27.9 Å². The van der Waals surface area contributed by atoms with Crippen LogP contribution in [0.1, 0.15) is 13.8 Å². The number of benzene rings is 2. The fourth-order valence-electron chi connectivity index (χ4n) is 4.35. The third kappa shape index (κ3) is 7.26. The van der Waals surface area contributed by atoms with Crippen LogP contribution in [0.4, 0.5) is 11.5 Å². The van der Waals surface area contributed by atoms with Crippen LogP contribution in [0.15, 0.2) is 71.6 Å². The summed E-state index contributed by atoms with van der Waals surface area (Å²) in [5.74, 6) is -0.822. The van der Waals surface area contributed by atoms with E-state index in [2.05, 4.69) is 20.2 Å².